The van der Waals surface area contributed by atoms with Gasteiger partial charge in [-0.3, -0.25) is 14.6 Å². The second-order valence-electron chi connectivity index (χ2n) is 8.44. The van der Waals surface area contributed by atoms with Gasteiger partial charge in [-0.15, -0.1) is 0 Å². The topological polar surface area (TPSA) is 85.1 Å². The molecule has 8 nitrogen and oxygen atoms in total. The highest BCUT2D eigenvalue weighted by molar-refractivity contribution is 6.07. The van der Waals surface area contributed by atoms with Crippen LogP contribution in [-0.4, -0.2) is 42.4 Å². The Morgan fingerprint density at radius 3 is 2.79 bits per heavy atom. The molecular weight excluding hydrogens is 416 g/mol. The van der Waals surface area contributed by atoms with Gasteiger partial charge >= 0.3 is 0 Å². The van der Waals surface area contributed by atoms with Crippen molar-refractivity contribution in [3.05, 3.63) is 83.8 Å². The Labute approximate surface area is 191 Å². The summed E-state index contributed by atoms with van der Waals surface area (Å²) in [5, 5.41) is 3.87. The fourth-order valence-corrected chi connectivity index (χ4v) is 4.51. The Hall–Kier alpha value is -3.94. The summed E-state index contributed by atoms with van der Waals surface area (Å²) in [5.41, 5.74) is 3.40. The molecular formula is C25H26N6O2. The Bertz CT molecular complexity index is 1320. The predicted octanol–water partition coefficient (Wildman–Crippen LogP) is 2.85. The van der Waals surface area contributed by atoms with Crippen LogP contribution in [-0.2, 0) is 31.4 Å². The van der Waals surface area contributed by atoms with E-state index in [1.54, 1.807) is 12.4 Å². The van der Waals surface area contributed by atoms with E-state index in [4.69, 9.17) is 4.98 Å². The maximum absolute atomic E-state index is 13.5. The number of amides is 2. The number of aromatic nitrogens is 4. The molecule has 0 bridgehead atoms. The summed E-state index contributed by atoms with van der Waals surface area (Å²) in [6, 6.07) is 11.5. The quantitative estimate of drug-likeness (QED) is 0.515. The molecule has 0 fully saturated rings. The van der Waals surface area contributed by atoms with E-state index in [9.17, 15) is 9.59 Å². The van der Waals surface area contributed by atoms with E-state index in [0.29, 0.717) is 30.9 Å². The largest absolute Gasteiger partial charge is 0.352 e. The number of rotatable bonds is 5. The van der Waals surface area contributed by atoms with E-state index < -0.39 is 0 Å². The lowest BCUT2D eigenvalue weighted by Crippen LogP contribution is -2.41. The van der Waals surface area contributed by atoms with Gasteiger partial charge in [0.2, 0.25) is 5.91 Å². The lowest BCUT2D eigenvalue weighted by Gasteiger charge is -2.33. The molecule has 168 valence electrons. The number of fused-ring (bicyclic) bond motifs is 2. The van der Waals surface area contributed by atoms with Crippen molar-refractivity contribution in [3.8, 4) is 0 Å². The number of nitrogens with zero attached hydrogens (tertiary/aromatic N) is 5. The second kappa shape index (κ2) is 8.54. The molecule has 1 N–H and O–H groups in total. The number of benzene rings is 1. The van der Waals surface area contributed by atoms with Gasteiger partial charge in [0, 0.05) is 62.4 Å². The fraction of sp³-hybridized carbons (Fsp3) is 0.280. The molecule has 0 saturated heterocycles. The molecule has 1 atom stereocenters. The minimum Gasteiger partial charge on any atom is -0.352 e. The van der Waals surface area contributed by atoms with Crippen LogP contribution in [0.5, 0.6) is 0 Å². The van der Waals surface area contributed by atoms with E-state index in [1.807, 2.05) is 72.2 Å². The normalized spacial score (nSPS) is 15.5. The van der Waals surface area contributed by atoms with Crippen LogP contribution in [0.3, 0.4) is 0 Å². The number of carbonyl (C=O) groups is 2. The van der Waals surface area contributed by atoms with E-state index >= 15 is 0 Å². The highest BCUT2D eigenvalue weighted by Gasteiger charge is 2.31. The van der Waals surface area contributed by atoms with Crippen molar-refractivity contribution in [3.63, 3.8) is 0 Å². The van der Waals surface area contributed by atoms with Crippen molar-refractivity contribution in [2.75, 3.05) is 6.54 Å². The zero-order chi connectivity index (χ0) is 22.9. The summed E-state index contributed by atoms with van der Waals surface area (Å²) in [4.78, 5) is 36.5. The number of nitrogens with one attached hydrogen (secondary N) is 1. The van der Waals surface area contributed by atoms with Crippen LogP contribution in [0.25, 0.3) is 10.9 Å². The van der Waals surface area contributed by atoms with Crippen LogP contribution in [0, 0.1) is 0 Å². The van der Waals surface area contributed by atoms with Crippen molar-refractivity contribution >= 4 is 22.7 Å². The predicted molar refractivity (Wildman–Crippen MR) is 124 cm³/mol. The molecule has 0 radical (unpaired) electrons. The van der Waals surface area contributed by atoms with Crippen molar-refractivity contribution in [1.82, 2.24) is 29.3 Å². The molecule has 8 heteroatoms. The molecule has 0 unspecified atom stereocenters. The summed E-state index contributed by atoms with van der Waals surface area (Å²) < 4.78 is 4.04. The molecule has 0 saturated carbocycles. The Morgan fingerprint density at radius 2 is 1.97 bits per heavy atom. The number of hydrogen-bond donors (Lipinski definition) is 1. The lowest BCUT2D eigenvalue weighted by molar-refractivity contribution is -0.120. The van der Waals surface area contributed by atoms with Gasteiger partial charge in [-0.25, -0.2) is 4.98 Å². The second-order valence-corrected chi connectivity index (χ2v) is 8.44. The molecule has 0 aliphatic carbocycles. The van der Waals surface area contributed by atoms with Crippen LogP contribution < -0.4 is 5.32 Å². The van der Waals surface area contributed by atoms with Crippen LogP contribution in [0.2, 0.25) is 0 Å². The van der Waals surface area contributed by atoms with Gasteiger partial charge in [0.05, 0.1) is 23.7 Å². The highest BCUT2D eigenvalue weighted by atomic mass is 16.2. The lowest BCUT2D eigenvalue weighted by atomic mass is 10.1. The summed E-state index contributed by atoms with van der Waals surface area (Å²) >= 11 is 0. The summed E-state index contributed by atoms with van der Waals surface area (Å²) in [7, 11) is 1.96. The zero-order valence-corrected chi connectivity index (χ0v) is 18.7. The van der Waals surface area contributed by atoms with Crippen molar-refractivity contribution in [2.45, 2.75) is 32.5 Å². The molecule has 0 spiro atoms. The third-order valence-corrected chi connectivity index (χ3v) is 6.22. The summed E-state index contributed by atoms with van der Waals surface area (Å²) in [6.45, 7) is 3.68. The summed E-state index contributed by atoms with van der Waals surface area (Å²) in [5.74, 6) is 0.722. The molecule has 33 heavy (non-hydrogen) atoms. The van der Waals surface area contributed by atoms with Gasteiger partial charge in [-0.1, -0.05) is 24.3 Å². The van der Waals surface area contributed by atoms with Crippen LogP contribution in [0.15, 0.2) is 61.2 Å². The first kappa shape index (κ1) is 20.9. The number of hydrogen-bond acceptors (Lipinski definition) is 4. The van der Waals surface area contributed by atoms with Gasteiger partial charge in [0.15, 0.2) is 0 Å². The van der Waals surface area contributed by atoms with E-state index in [-0.39, 0.29) is 24.3 Å². The van der Waals surface area contributed by atoms with Gasteiger partial charge in [-0.05, 0) is 24.6 Å². The van der Waals surface area contributed by atoms with Crippen molar-refractivity contribution in [2.24, 2.45) is 7.05 Å². The monoisotopic (exact) mass is 442 g/mol. The standard InChI is InChI=1S/C25H26N6O2/c1-17-24-28-19(12-23(32)27-14-18-6-5-9-26-13-18)15-30(24)10-11-31(17)25(33)21-16-29(2)22-8-4-3-7-20(21)22/h3-9,13,15-17H,10-12,14H2,1-2H3,(H,27,32)/t17-/m0/s1. The maximum Gasteiger partial charge on any atom is 0.256 e. The SMILES string of the molecule is C[C@H]1c2nc(CC(=O)NCc3cccnc3)cn2CCN1C(=O)c1cn(C)c2ccccc12. The summed E-state index contributed by atoms with van der Waals surface area (Å²) in [6.07, 6.45) is 7.47. The molecule has 2 amide bonds. The molecule has 1 aliphatic heterocycles. The minimum atomic E-state index is -0.183. The molecule has 1 aliphatic rings. The highest BCUT2D eigenvalue weighted by Crippen LogP contribution is 2.29. The third-order valence-electron chi connectivity index (χ3n) is 6.22. The molecule has 4 aromatic rings. The van der Waals surface area contributed by atoms with Crippen LogP contribution in [0.4, 0.5) is 0 Å². The van der Waals surface area contributed by atoms with E-state index in [1.165, 1.54) is 0 Å². The minimum absolute atomic E-state index is 0.00399. The first-order valence-electron chi connectivity index (χ1n) is 11.1. The number of pyridine rings is 1. The Kier molecular flexibility index (Phi) is 5.42. The van der Waals surface area contributed by atoms with Crippen LogP contribution in [0.1, 0.15) is 40.4 Å². The number of imidazole rings is 1. The van der Waals surface area contributed by atoms with Gasteiger partial charge in [-0.2, -0.15) is 0 Å². The van der Waals surface area contributed by atoms with Gasteiger partial charge in [0.1, 0.15) is 5.82 Å². The smallest absolute Gasteiger partial charge is 0.256 e. The van der Waals surface area contributed by atoms with Crippen LogP contribution >= 0.6 is 0 Å². The average molecular weight is 443 g/mol. The van der Waals surface area contributed by atoms with Gasteiger partial charge < -0.3 is 19.4 Å². The number of aryl methyl sites for hydroxylation is 1. The number of para-hydroxylation sites is 1. The first-order valence-corrected chi connectivity index (χ1v) is 11.1. The third kappa shape index (κ3) is 4.00. The zero-order valence-electron chi connectivity index (χ0n) is 18.7. The van der Waals surface area contributed by atoms with E-state index in [2.05, 4.69) is 14.9 Å². The first-order chi connectivity index (χ1) is 16.0. The molecule has 4 heterocycles. The Balaban J connectivity index is 1.30. The maximum atomic E-state index is 13.5. The Morgan fingerprint density at radius 1 is 1.12 bits per heavy atom. The van der Waals surface area contributed by atoms with Crippen molar-refractivity contribution in [1.29, 1.82) is 0 Å². The molecule has 1 aromatic carbocycles. The van der Waals surface area contributed by atoms with E-state index in [0.717, 1.165) is 22.3 Å². The molecule has 5 rings (SSSR count). The van der Waals surface area contributed by atoms with Crippen molar-refractivity contribution < 1.29 is 9.59 Å². The number of carbonyl (C=O) groups excluding carboxylic acids is 2. The van der Waals surface area contributed by atoms with Gasteiger partial charge in [0.25, 0.3) is 5.91 Å². The molecule has 3 aromatic heterocycles. The average Bonchev–Trinajstić information content (AvgIpc) is 3.40. The fourth-order valence-electron chi connectivity index (χ4n) is 4.51.